The van der Waals surface area contributed by atoms with Crippen molar-refractivity contribution in [1.29, 1.82) is 0 Å². The van der Waals surface area contributed by atoms with Crippen LogP contribution in [0.25, 0.3) is 10.9 Å². The summed E-state index contributed by atoms with van der Waals surface area (Å²) in [6.45, 7) is 4.06. The molecule has 90 valence electrons. The Labute approximate surface area is 98.3 Å². The van der Waals surface area contributed by atoms with Gasteiger partial charge in [-0.05, 0) is 26.0 Å². The summed E-state index contributed by atoms with van der Waals surface area (Å²) >= 11 is 0. The van der Waals surface area contributed by atoms with Crippen LogP contribution in [-0.2, 0) is 11.3 Å². The van der Waals surface area contributed by atoms with Crippen molar-refractivity contribution >= 4 is 16.9 Å². The molecule has 0 aliphatic carbocycles. The molecule has 0 aliphatic rings. The van der Waals surface area contributed by atoms with Crippen LogP contribution in [0.3, 0.4) is 0 Å². The first-order valence-electron chi connectivity index (χ1n) is 5.47. The van der Waals surface area contributed by atoms with Gasteiger partial charge in [0, 0.05) is 6.54 Å². The van der Waals surface area contributed by atoms with Crippen molar-refractivity contribution in [2.45, 2.75) is 26.3 Å². The van der Waals surface area contributed by atoms with Crippen molar-refractivity contribution in [1.82, 2.24) is 9.78 Å². The van der Waals surface area contributed by atoms with E-state index in [0.29, 0.717) is 23.1 Å². The average molecular weight is 234 g/mol. The van der Waals surface area contributed by atoms with Gasteiger partial charge in [0.25, 0.3) is 0 Å². The Kier molecular flexibility index (Phi) is 2.75. The van der Waals surface area contributed by atoms with E-state index in [1.165, 1.54) is 0 Å². The molecule has 1 aromatic carbocycles. The predicted octanol–water partition coefficient (Wildman–Crippen LogP) is 1.95. The number of aromatic nitrogens is 2. The van der Waals surface area contributed by atoms with Crippen molar-refractivity contribution in [3.63, 3.8) is 0 Å². The molecule has 0 saturated carbocycles. The van der Waals surface area contributed by atoms with Crippen LogP contribution in [0.15, 0.2) is 18.2 Å². The Morgan fingerprint density at radius 2 is 2.24 bits per heavy atom. The molecular weight excluding hydrogens is 220 g/mol. The summed E-state index contributed by atoms with van der Waals surface area (Å²) in [5.41, 5.74) is 1.17. The molecule has 0 radical (unpaired) electrons. The van der Waals surface area contributed by atoms with Crippen LogP contribution in [-0.4, -0.2) is 26.0 Å². The number of phenolic OH excluding ortho intramolecular Hbond substituents is 1. The lowest BCUT2D eigenvalue weighted by Crippen LogP contribution is -2.13. The molecule has 0 spiro atoms. The van der Waals surface area contributed by atoms with E-state index in [1.807, 2.05) is 6.92 Å². The predicted molar refractivity (Wildman–Crippen MR) is 63.1 cm³/mol. The topological polar surface area (TPSA) is 75.3 Å². The lowest BCUT2D eigenvalue weighted by atomic mass is 10.0. The van der Waals surface area contributed by atoms with Crippen LogP contribution in [0.4, 0.5) is 0 Å². The molecule has 17 heavy (non-hydrogen) atoms. The maximum Gasteiger partial charge on any atom is 0.312 e. The van der Waals surface area contributed by atoms with Gasteiger partial charge in [-0.15, -0.1) is 0 Å². The summed E-state index contributed by atoms with van der Waals surface area (Å²) in [4.78, 5) is 11.1. The number of carboxylic acid groups (broad SMARTS) is 1. The number of fused-ring (bicyclic) bond motifs is 1. The fourth-order valence-electron chi connectivity index (χ4n) is 1.99. The van der Waals surface area contributed by atoms with Crippen LogP contribution in [0, 0.1) is 0 Å². The maximum atomic E-state index is 11.1. The summed E-state index contributed by atoms with van der Waals surface area (Å²) in [7, 11) is 0. The molecule has 1 unspecified atom stereocenters. The average Bonchev–Trinajstić information content (AvgIpc) is 2.67. The second kappa shape index (κ2) is 4.08. The molecule has 0 fully saturated rings. The zero-order valence-corrected chi connectivity index (χ0v) is 9.71. The number of carbonyl (C=O) groups is 1. The normalized spacial score (nSPS) is 12.8. The SMILES string of the molecule is CCn1nc2cccc(O)c2c1C(C)C(=O)O. The van der Waals surface area contributed by atoms with Gasteiger partial charge in [0.15, 0.2) is 0 Å². The first-order chi connectivity index (χ1) is 8.06. The van der Waals surface area contributed by atoms with Gasteiger partial charge < -0.3 is 10.2 Å². The number of benzene rings is 1. The number of phenols is 1. The van der Waals surface area contributed by atoms with Gasteiger partial charge in [-0.25, -0.2) is 0 Å². The number of nitrogens with zero attached hydrogens (tertiary/aromatic N) is 2. The van der Waals surface area contributed by atoms with Crippen LogP contribution in [0.2, 0.25) is 0 Å². The van der Waals surface area contributed by atoms with E-state index in [1.54, 1.807) is 29.8 Å². The Bertz CT molecular complexity index is 574. The number of carboxylic acids is 1. The van der Waals surface area contributed by atoms with Crippen molar-refractivity contribution in [3.8, 4) is 5.75 Å². The molecule has 5 heteroatoms. The molecule has 1 heterocycles. The van der Waals surface area contributed by atoms with Gasteiger partial charge >= 0.3 is 5.97 Å². The standard InChI is InChI=1S/C12H14N2O3/c1-3-14-11(7(2)12(16)17)10-8(13-14)5-4-6-9(10)15/h4-7,15H,3H2,1-2H3,(H,16,17). The minimum Gasteiger partial charge on any atom is -0.507 e. The third kappa shape index (κ3) is 1.73. The van der Waals surface area contributed by atoms with Crippen LogP contribution in [0.1, 0.15) is 25.5 Å². The summed E-state index contributed by atoms with van der Waals surface area (Å²) in [6.07, 6.45) is 0. The second-order valence-corrected chi connectivity index (χ2v) is 3.93. The van der Waals surface area contributed by atoms with Crippen molar-refractivity contribution in [2.24, 2.45) is 0 Å². The molecule has 2 N–H and O–H groups in total. The third-order valence-corrected chi connectivity index (χ3v) is 2.86. The highest BCUT2D eigenvalue weighted by Crippen LogP contribution is 2.32. The summed E-state index contributed by atoms with van der Waals surface area (Å²) in [5, 5.41) is 23.8. The zero-order chi connectivity index (χ0) is 12.6. The number of aliphatic carboxylic acids is 1. The first kappa shape index (κ1) is 11.4. The Morgan fingerprint density at radius 1 is 1.53 bits per heavy atom. The highest BCUT2D eigenvalue weighted by atomic mass is 16.4. The highest BCUT2D eigenvalue weighted by Gasteiger charge is 2.23. The van der Waals surface area contributed by atoms with E-state index in [9.17, 15) is 9.90 Å². The van der Waals surface area contributed by atoms with E-state index in [0.717, 1.165) is 0 Å². The Balaban J connectivity index is 2.78. The van der Waals surface area contributed by atoms with Gasteiger partial charge in [-0.2, -0.15) is 5.10 Å². The number of aromatic hydroxyl groups is 1. The summed E-state index contributed by atoms with van der Waals surface area (Å²) in [5.74, 6) is -1.55. The number of aryl methyl sites for hydroxylation is 1. The largest absolute Gasteiger partial charge is 0.507 e. The molecule has 1 aromatic heterocycles. The van der Waals surface area contributed by atoms with Crippen molar-refractivity contribution in [2.75, 3.05) is 0 Å². The molecule has 0 aliphatic heterocycles. The van der Waals surface area contributed by atoms with E-state index in [2.05, 4.69) is 5.10 Å². The van der Waals surface area contributed by atoms with E-state index >= 15 is 0 Å². The fourth-order valence-corrected chi connectivity index (χ4v) is 1.99. The molecule has 2 aromatic rings. The Hall–Kier alpha value is -2.04. The summed E-state index contributed by atoms with van der Waals surface area (Å²) in [6, 6.07) is 5.00. The highest BCUT2D eigenvalue weighted by molar-refractivity contribution is 5.91. The molecular formula is C12H14N2O3. The molecule has 2 rings (SSSR count). The Morgan fingerprint density at radius 3 is 2.82 bits per heavy atom. The van der Waals surface area contributed by atoms with Crippen LogP contribution >= 0.6 is 0 Å². The number of hydrogen-bond acceptors (Lipinski definition) is 3. The molecule has 1 atom stereocenters. The zero-order valence-electron chi connectivity index (χ0n) is 9.71. The number of hydrogen-bond donors (Lipinski definition) is 2. The van der Waals surface area contributed by atoms with Gasteiger partial charge in [-0.3, -0.25) is 9.48 Å². The maximum absolute atomic E-state index is 11.1. The summed E-state index contributed by atoms with van der Waals surface area (Å²) < 4.78 is 1.63. The minimum atomic E-state index is -0.926. The fraction of sp³-hybridized carbons (Fsp3) is 0.333. The smallest absolute Gasteiger partial charge is 0.312 e. The third-order valence-electron chi connectivity index (χ3n) is 2.86. The van der Waals surface area contributed by atoms with Gasteiger partial charge in [-0.1, -0.05) is 6.07 Å². The van der Waals surface area contributed by atoms with Gasteiger partial charge in [0.2, 0.25) is 0 Å². The van der Waals surface area contributed by atoms with E-state index < -0.39 is 11.9 Å². The van der Waals surface area contributed by atoms with Gasteiger partial charge in [0.1, 0.15) is 5.75 Å². The second-order valence-electron chi connectivity index (χ2n) is 3.93. The monoisotopic (exact) mass is 234 g/mol. The molecule has 0 bridgehead atoms. The van der Waals surface area contributed by atoms with E-state index in [4.69, 9.17) is 5.11 Å². The lowest BCUT2D eigenvalue weighted by molar-refractivity contribution is -0.138. The van der Waals surface area contributed by atoms with Crippen LogP contribution < -0.4 is 0 Å². The quantitative estimate of drug-likeness (QED) is 0.851. The first-order valence-corrected chi connectivity index (χ1v) is 5.47. The minimum absolute atomic E-state index is 0.0744. The van der Waals surface area contributed by atoms with Crippen molar-refractivity contribution in [3.05, 3.63) is 23.9 Å². The van der Waals surface area contributed by atoms with Crippen molar-refractivity contribution < 1.29 is 15.0 Å². The van der Waals surface area contributed by atoms with Crippen LogP contribution in [0.5, 0.6) is 5.75 Å². The number of rotatable bonds is 3. The molecule has 5 nitrogen and oxygen atoms in total. The molecule has 0 amide bonds. The van der Waals surface area contributed by atoms with Gasteiger partial charge in [0.05, 0.1) is 22.5 Å². The van der Waals surface area contributed by atoms with E-state index in [-0.39, 0.29) is 5.75 Å². The lowest BCUT2D eigenvalue weighted by Gasteiger charge is -2.09. The molecule has 0 saturated heterocycles.